The Hall–Kier alpha value is -4.51. The van der Waals surface area contributed by atoms with E-state index in [1.165, 1.54) is 6.07 Å². The Morgan fingerprint density at radius 1 is 1.02 bits per heavy atom. The molecule has 0 aliphatic heterocycles. The monoisotopic (exact) mass is 573 g/mol. The molecule has 5 aromatic rings. The van der Waals surface area contributed by atoms with Crippen LogP contribution in [-0.4, -0.2) is 39.2 Å². The maximum atomic E-state index is 13.5. The molecule has 0 aliphatic carbocycles. The Morgan fingerprint density at radius 2 is 1.78 bits per heavy atom. The predicted molar refractivity (Wildman–Crippen MR) is 155 cm³/mol. The molecule has 41 heavy (non-hydrogen) atoms. The molecule has 0 saturated heterocycles. The number of anilines is 1. The topological polar surface area (TPSA) is 140 Å². The molecule has 0 unspecified atom stereocenters. The molecule has 0 radical (unpaired) electrons. The molecule has 0 fully saturated rings. The van der Waals surface area contributed by atoms with Crippen molar-refractivity contribution in [3.63, 3.8) is 0 Å². The average molecular weight is 574 g/mol. The Labute approximate surface area is 238 Å². The van der Waals surface area contributed by atoms with Crippen LogP contribution in [0.3, 0.4) is 0 Å². The number of hydrogen-bond acceptors (Lipinski definition) is 7. The molecule has 0 amide bonds. The van der Waals surface area contributed by atoms with Gasteiger partial charge >= 0.3 is 5.97 Å². The number of aryl methyl sites for hydroxylation is 4. The molecule has 2 aromatic carbocycles. The molecule has 0 spiro atoms. The van der Waals surface area contributed by atoms with Crippen LogP contribution in [0.25, 0.3) is 22.3 Å². The van der Waals surface area contributed by atoms with Crippen LogP contribution in [0.1, 0.15) is 46.4 Å². The number of nitrogens with one attached hydrogen (secondary N) is 1. The average Bonchev–Trinajstić information content (AvgIpc) is 3.43. The van der Waals surface area contributed by atoms with Crippen LogP contribution in [0, 0.1) is 27.7 Å². The first-order chi connectivity index (χ1) is 19.5. The van der Waals surface area contributed by atoms with Crippen molar-refractivity contribution in [2.45, 2.75) is 58.9 Å². The fraction of sp³-hybridized carbons (Fsp3) is 0.267. The number of aromatic nitrogens is 4. The standard InChI is InChI=1S/C30H31N5O5S/c1-6-26-32-28-17(2)13-18(3)31-29(28)35(26)16-21-11-12-23(22(14-21)15-27(36)37)24-9-7-8-10-25(24)41(38,39)34-30-19(4)20(5)33-40-30/h7-14,34H,6,15-16H2,1-5H3,(H,36,37). The van der Waals surface area contributed by atoms with E-state index in [0.29, 0.717) is 40.9 Å². The van der Waals surface area contributed by atoms with Gasteiger partial charge in [-0.25, -0.2) is 23.1 Å². The summed E-state index contributed by atoms with van der Waals surface area (Å²) in [6.07, 6.45) is 0.421. The number of aliphatic carboxylic acids is 1. The van der Waals surface area contributed by atoms with Crippen molar-refractivity contribution >= 4 is 33.0 Å². The van der Waals surface area contributed by atoms with Gasteiger partial charge in [0.05, 0.1) is 23.6 Å². The first-order valence-electron chi connectivity index (χ1n) is 13.2. The zero-order valence-electron chi connectivity index (χ0n) is 23.5. The molecule has 0 saturated carbocycles. The van der Waals surface area contributed by atoms with E-state index in [1.54, 1.807) is 38.1 Å². The van der Waals surface area contributed by atoms with E-state index in [4.69, 9.17) is 14.5 Å². The number of sulfonamides is 1. The second kappa shape index (κ2) is 10.8. The van der Waals surface area contributed by atoms with E-state index in [9.17, 15) is 18.3 Å². The van der Waals surface area contributed by atoms with Crippen molar-refractivity contribution < 1.29 is 22.8 Å². The highest BCUT2D eigenvalue weighted by Crippen LogP contribution is 2.33. The van der Waals surface area contributed by atoms with Crippen molar-refractivity contribution in [2.75, 3.05) is 4.72 Å². The van der Waals surface area contributed by atoms with Crippen molar-refractivity contribution in [3.05, 3.63) is 88.0 Å². The third-order valence-corrected chi connectivity index (χ3v) is 8.51. The van der Waals surface area contributed by atoms with Crippen molar-refractivity contribution in [2.24, 2.45) is 0 Å². The maximum absolute atomic E-state index is 13.5. The molecular formula is C30H31N5O5S. The van der Waals surface area contributed by atoms with Gasteiger partial charge in [-0.3, -0.25) is 4.79 Å². The highest BCUT2D eigenvalue weighted by Gasteiger charge is 2.24. The first-order valence-corrected chi connectivity index (χ1v) is 14.7. The van der Waals surface area contributed by atoms with E-state index >= 15 is 0 Å². The number of fused-ring (bicyclic) bond motifs is 1. The van der Waals surface area contributed by atoms with Gasteiger partial charge in [-0.2, -0.15) is 0 Å². The zero-order chi connectivity index (χ0) is 29.5. The molecular weight excluding hydrogens is 542 g/mol. The van der Waals surface area contributed by atoms with E-state index in [1.807, 2.05) is 39.0 Å². The van der Waals surface area contributed by atoms with Gasteiger partial charge in [-0.1, -0.05) is 48.5 Å². The van der Waals surface area contributed by atoms with Gasteiger partial charge in [-0.05, 0) is 62.1 Å². The van der Waals surface area contributed by atoms with E-state index in [2.05, 4.69) is 14.4 Å². The fourth-order valence-electron chi connectivity index (χ4n) is 5.00. The van der Waals surface area contributed by atoms with Crippen LogP contribution in [0.15, 0.2) is 57.9 Å². The van der Waals surface area contributed by atoms with E-state index < -0.39 is 16.0 Å². The van der Waals surface area contributed by atoms with Crippen molar-refractivity contribution in [1.82, 2.24) is 19.7 Å². The molecule has 3 heterocycles. The Morgan fingerprint density at radius 3 is 2.46 bits per heavy atom. The van der Waals surface area contributed by atoms with Crippen molar-refractivity contribution in [1.29, 1.82) is 0 Å². The number of nitrogens with zero attached hydrogens (tertiary/aromatic N) is 4. The van der Waals surface area contributed by atoms with Crippen LogP contribution in [0.4, 0.5) is 5.88 Å². The summed E-state index contributed by atoms with van der Waals surface area (Å²) in [6, 6.07) is 14.0. The highest BCUT2D eigenvalue weighted by molar-refractivity contribution is 7.92. The first kappa shape index (κ1) is 28.0. The van der Waals surface area contributed by atoms with Crippen molar-refractivity contribution in [3.8, 4) is 11.1 Å². The summed E-state index contributed by atoms with van der Waals surface area (Å²) >= 11 is 0. The Bertz CT molecular complexity index is 1910. The van der Waals surface area contributed by atoms with Crippen LogP contribution in [-0.2, 0) is 34.2 Å². The molecule has 0 atom stereocenters. The Balaban J connectivity index is 1.59. The number of pyridine rings is 1. The summed E-state index contributed by atoms with van der Waals surface area (Å²) in [5.74, 6) is -0.104. The van der Waals surface area contributed by atoms with Gasteiger partial charge in [0.25, 0.3) is 10.0 Å². The largest absolute Gasteiger partial charge is 0.481 e. The minimum Gasteiger partial charge on any atom is -0.481 e. The summed E-state index contributed by atoms with van der Waals surface area (Å²) in [4.78, 5) is 21.5. The number of imidazole rings is 1. The van der Waals surface area contributed by atoms with E-state index in [0.717, 1.165) is 33.8 Å². The van der Waals surface area contributed by atoms with Crippen LogP contribution < -0.4 is 4.72 Å². The zero-order valence-corrected chi connectivity index (χ0v) is 24.3. The smallest absolute Gasteiger partial charge is 0.307 e. The summed E-state index contributed by atoms with van der Waals surface area (Å²) in [5.41, 5.74) is 6.96. The van der Waals surface area contributed by atoms with Gasteiger partial charge in [0.15, 0.2) is 5.65 Å². The summed E-state index contributed by atoms with van der Waals surface area (Å²) in [5, 5.41) is 13.6. The molecule has 10 nitrogen and oxygen atoms in total. The lowest BCUT2D eigenvalue weighted by molar-refractivity contribution is -0.136. The molecule has 0 aliphatic rings. The predicted octanol–water partition coefficient (Wildman–Crippen LogP) is 5.36. The second-order valence-corrected chi connectivity index (χ2v) is 11.8. The van der Waals surface area contributed by atoms with Gasteiger partial charge in [0, 0.05) is 23.2 Å². The second-order valence-electron chi connectivity index (χ2n) is 10.1. The molecule has 11 heteroatoms. The molecule has 0 bridgehead atoms. The Kier molecular flexibility index (Phi) is 7.39. The SMILES string of the molecule is CCc1nc2c(C)cc(C)nc2n1Cc1ccc(-c2ccccc2S(=O)(=O)Nc2onc(C)c2C)c(CC(=O)O)c1. The molecule has 212 valence electrons. The van der Waals surface area contributed by atoms with E-state index in [-0.39, 0.29) is 17.2 Å². The number of rotatable bonds is 9. The lowest BCUT2D eigenvalue weighted by Gasteiger charge is -2.16. The van der Waals surface area contributed by atoms with Gasteiger partial charge in [0.2, 0.25) is 5.88 Å². The van der Waals surface area contributed by atoms with Gasteiger partial charge in [-0.15, -0.1) is 0 Å². The maximum Gasteiger partial charge on any atom is 0.307 e. The summed E-state index contributed by atoms with van der Waals surface area (Å²) < 4.78 is 36.7. The number of hydrogen-bond donors (Lipinski definition) is 2. The molecule has 5 rings (SSSR count). The lowest BCUT2D eigenvalue weighted by atomic mass is 9.95. The summed E-state index contributed by atoms with van der Waals surface area (Å²) in [6.45, 7) is 9.86. The third-order valence-electron chi connectivity index (χ3n) is 7.12. The van der Waals surface area contributed by atoms with Gasteiger partial charge in [0.1, 0.15) is 11.3 Å². The molecule has 3 aromatic heterocycles. The third kappa shape index (κ3) is 5.45. The summed E-state index contributed by atoms with van der Waals surface area (Å²) in [7, 11) is -4.09. The number of benzene rings is 2. The van der Waals surface area contributed by atoms with Gasteiger partial charge < -0.3 is 14.2 Å². The number of carbonyl (C=O) groups is 1. The quantitative estimate of drug-likeness (QED) is 0.240. The number of carboxylic acid groups (broad SMARTS) is 1. The fourth-order valence-corrected chi connectivity index (χ4v) is 6.26. The minimum atomic E-state index is -4.09. The normalized spacial score (nSPS) is 11.7. The van der Waals surface area contributed by atoms with Crippen LogP contribution in [0.2, 0.25) is 0 Å². The van der Waals surface area contributed by atoms with Crippen LogP contribution >= 0.6 is 0 Å². The van der Waals surface area contributed by atoms with Crippen LogP contribution in [0.5, 0.6) is 0 Å². The highest BCUT2D eigenvalue weighted by atomic mass is 32.2. The lowest BCUT2D eigenvalue weighted by Crippen LogP contribution is -2.15. The molecule has 2 N–H and O–H groups in total. The number of carboxylic acids is 1. The minimum absolute atomic E-state index is 0.00290.